The van der Waals surface area contributed by atoms with Gasteiger partial charge in [-0.2, -0.15) is 0 Å². The van der Waals surface area contributed by atoms with E-state index in [1.165, 1.54) is 4.90 Å². The minimum absolute atomic E-state index is 0. The predicted octanol–water partition coefficient (Wildman–Crippen LogP) is 3.41. The van der Waals surface area contributed by atoms with E-state index in [2.05, 4.69) is 5.32 Å². The molecular weight excluding hydrogens is 353 g/mol. The molecule has 0 amide bonds. The zero-order chi connectivity index (χ0) is 16.4. The fraction of sp³-hybridized carbons (Fsp3) is 0.538. The third kappa shape index (κ3) is 4.07. The summed E-state index contributed by atoms with van der Waals surface area (Å²) in [5.74, 6) is -10.7. The Morgan fingerprint density at radius 2 is 1.26 bits per heavy atom. The van der Waals surface area contributed by atoms with Crippen LogP contribution in [0.2, 0.25) is 0 Å². The summed E-state index contributed by atoms with van der Waals surface area (Å²) in [6.45, 7) is 1.07. The summed E-state index contributed by atoms with van der Waals surface area (Å²) in [5, 5.41) is 2.91. The molecule has 0 aromatic heterocycles. The van der Waals surface area contributed by atoms with Gasteiger partial charge in [-0.05, 0) is 0 Å². The SMILES string of the molecule is Cl.Fc1c(F)c(F)c([C@H](CC(F)F)N2CCNCC2)c(F)c1F. The van der Waals surface area contributed by atoms with Gasteiger partial charge >= 0.3 is 0 Å². The van der Waals surface area contributed by atoms with Crippen molar-refractivity contribution >= 4 is 12.4 Å². The highest BCUT2D eigenvalue weighted by Crippen LogP contribution is 2.34. The average molecular weight is 367 g/mol. The Morgan fingerprint density at radius 3 is 1.70 bits per heavy atom. The smallest absolute Gasteiger partial charge is 0.240 e. The Balaban J connectivity index is 0.00000264. The predicted molar refractivity (Wildman–Crippen MR) is 71.3 cm³/mol. The quantitative estimate of drug-likeness (QED) is 0.499. The van der Waals surface area contributed by atoms with Gasteiger partial charge in [-0.3, -0.25) is 4.90 Å². The summed E-state index contributed by atoms with van der Waals surface area (Å²) in [6, 6.07) is -1.58. The topological polar surface area (TPSA) is 15.3 Å². The summed E-state index contributed by atoms with van der Waals surface area (Å²) in [6.07, 6.45) is -3.96. The van der Waals surface area contributed by atoms with Crippen LogP contribution in [0.4, 0.5) is 30.7 Å². The summed E-state index contributed by atoms with van der Waals surface area (Å²) in [4.78, 5) is 1.29. The first kappa shape index (κ1) is 20.0. The van der Waals surface area contributed by atoms with Gasteiger partial charge in [-0.25, -0.2) is 30.7 Å². The van der Waals surface area contributed by atoms with E-state index in [1.54, 1.807) is 0 Å². The second-order valence-corrected chi connectivity index (χ2v) is 4.91. The highest BCUT2D eigenvalue weighted by molar-refractivity contribution is 5.85. The molecule has 1 N–H and O–H groups in total. The zero-order valence-electron chi connectivity index (χ0n) is 11.7. The van der Waals surface area contributed by atoms with E-state index in [-0.39, 0.29) is 25.5 Å². The van der Waals surface area contributed by atoms with Gasteiger partial charge in [0.1, 0.15) is 0 Å². The molecule has 132 valence electrons. The normalized spacial score (nSPS) is 17.2. The van der Waals surface area contributed by atoms with Crippen LogP contribution in [0.25, 0.3) is 0 Å². The molecule has 0 bridgehead atoms. The lowest BCUT2D eigenvalue weighted by Crippen LogP contribution is -2.46. The lowest BCUT2D eigenvalue weighted by Gasteiger charge is -2.35. The number of alkyl halides is 2. The minimum atomic E-state index is -2.95. The van der Waals surface area contributed by atoms with Gasteiger partial charge in [0.05, 0.1) is 0 Å². The molecule has 0 radical (unpaired) electrons. The molecule has 1 aromatic rings. The van der Waals surface area contributed by atoms with Gasteiger partial charge in [-0.15, -0.1) is 12.4 Å². The molecule has 0 saturated carbocycles. The van der Waals surface area contributed by atoms with Crippen LogP contribution in [-0.4, -0.2) is 37.5 Å². The van der Waals surface area contributed by atoms with Crippen LogP contribution in [-0.2, 0) is 0 Å². The fourth-order valence-electron chi connectivity index (χ4n) is 2.53. The first-order valence-electron chi connectivity index (χ1n) is 6.58. The highest BCUT2D eigenvalue weighted by atomic mass is 35.5. The number of nitrogens with zero attached hydrogens (tertiary/aromatic N) is 1. The van der Waals surface area contributed by atoms with E-state index in [9.17, 15) is 30.7 Å². The van der Waals surface area contributed by atoms with Crippen molar-refractivity contribution in [3.8, 4) is 0 Å². The molecule has 1 aliphatic rings. The van der Waals surface area contributed by atoms with Crippen LogP contribution in [0.3, 0.4) is 0 Å². The molecule has 0 unspecified atom stereocenters. The third-order valence-electron chi connectivity index (χ3n) is 3.57. The number of hydrogen-bond donors (Lipinski definition) is 1. The van der Waals surface area contributed by atoms with Crippen molar-refractivity contribution in [3.05, 3.63) is 34.6 Å². The second kappa shape index (κ2) is 8.16. The summed E-state index contributed by atoms with van der Waals surface area (Å²) in [5.41, 5.74) is -1.20. The van der Waals surface area contributed by atoms with Crippen LogP contribution >= 0.6 is 12.4 Å². The molecule has 10 heteroatoms. The van der Waals surface area contributed by atoms with Gasteiger partial charge < -0.3 is 5.32 Å². The third-order valence-corrected chi connectivity index (χ3v) is 3.57. The Morgan fingerprint density at radius 1 is 0.826 bits per heavy atom. The van der Waals surface area contributed by atoms with Crippen LogP contribution in [0.5, 0.6) is 0 Å². The van der Waals surface area contributed by atoms with Crippen molar-refractivity contribution in [2.45, 2.75) is 18.9 Å². The fourth-order valence-corrected chi connectivity index (χ4v) is 2.53. The van der Waals surface area contributed by atoms with Crippen LogP contribution in [0.1, 0.15) is 18.0 Å². The molecule has 0 aliphatic carbocycles. The van der Waals surface area contributed by atoms with E-state index >= 15 is 0 Å². The number of nitrogens with one attached hydrogen (secondary N) is 1. The second-order valence-electron chi connectivity index (χ2n) is 4.91. The van der Waals surface area contributed by atoms with E-state index in [1.807, 2.05) is 0 Å². The zero-order valence-corrected chi connectivity index (χ0v) is 12.5. The van der Waals surface area contributed by atoms with Crippen LogP contribution in [0.15, 0.2) is 0 Å². The van der Waals surface area contributed by atoms with Crippen LogP contribution in [0, 0.1) is 29.1 Å². The number of hydrogen-bond acceptors (Lipinski definition) is 2. The first-order chi connectivity index (χ1) is 10.3. The number of rotatable bonds is 4. The number of piperazine rings is 1. The molecule has 1 atom stereocenters. The van der Waals surface area contributed by atoms with E-state index < -0.39 is 53.5 Å². The van der Waals surface area contributed by atoms with Crippen molar-refractivity contribution in [1.82, 2.24) is 10.2 Å². The Bertz CT molecular complexity index is 521. The first-order valence-corrected chi connectivity index (χ1v) is 6.58. The highest BCUT2D eigenvalue weighted by Gasteiger charge is 2.35. The van der Waals surface area contributed by atoms with Crippen molar-refractivity contribution in [3.63, 3.8) is 0 Å². The largest absolute Gasteiger partial charge is 0.314 e. The Kier molecular flexibility index (Phi) is 7.09. The van der Waals surface area contributed by atoms with E-state index in [4.69, 9.17) is 0 Å². The maximum absolute atomic E-state index is 13.8. The summed E-state index contributed by atoms with van der Waals surface area (Å²) >= 11 is 0. The molecule has 2 nitrogen and oxygen atoms in total. The van der Waals surface area contributed by atoms with Gasteiger partial charge in [0, 0.05) is 44.2 Å². The van der Waals surface area contributed by atoms with Crippen molar-refractivity contribution < 1.29 is 30.7 Å². The molecule has 1 heterocycles. The monoisotopic (exact) mass is 366 g/mol. The van der Waals surface area contributed by atoms with Gasteiger partial charge in [0.2, 0.25) is 12.2 Å². The van der Waals surface area contributed by atoms with Gasteiger partial charge in [0.25, 0.3) is 0 Å². The van der Waals surface area contributed by atoms with Crippen LogP contribution < -0.4 is 5.32 Å². The summed E-state index contributed by atoms with van der Waals surface area (Å²) < 4.78 is 92.8. The maximum atomic E-state index is 13.8. The van der Waals surface area contributed by atoms with E-state index in [0.717, 1.165) is 0 Å². The molecular formula is C13H14ClF7N2. The molecule has 0 spiro atoms. The lowest BCUT2D eigenvalue weighted by molar-refractivity contribution is 0.0700. The van der Waals surface area contributed by atoms with E-state index in [0.29, 0.717) is 13.1 Å². The summed E-state index contributed by atoms with van der Waals surface area (Å²) in [7, 11) is 0. The van der Waals surface area contributed by atoms with Crippen molar-refractivity contribution in [2.75, 3.05) is 26.2 Å². The molecule has 1 aliphatic heterocycles. The molecule has 1 fully saturated rings. The van der Waals surface area contributed by atoms with Gasteiger partial charge in [0.15, 0.2) is 23.3 Å². The molecule has 1 saturated heterocycles. The van der Waals surface area contributed by atoms with Gasteiger partial charge in [-0.1, -0.05) is 0 Å². The molecule has 1 aromatic carbocycles. The maximum Gasteiger partial charge on any atom is 0.240 e. The lowest BCUT2D eigenvalue weighted by atomic mass is 9.99. The standard InChI is InChI=1S/C13H13F7N2.ClH/c14-7(15)5-6(22-3-1-21-2-4-22)8-9(16)11(18)13(20)12(19)10(8)17;/h6-7,21H,1-5H2;1H/t6-;/m0./s1. The average Bonchev–Trinajstić information content (AvgIpc) is 2.50. The number of benzene rings is 1. The number of halogens is 8. The minimum Gasteiger partial charge on any atom is -0.314 e. The Hall–Kier alpha value is -1.06. The van der Waals surface area contributed by atoms with Crippen molar-refractivity contribution in [1.29, 1.82) is 0 Å². The van der Waals surface area contributed by atoms with Crippen molar-refractivity contribution in [2.24, 2.45) is 0 Å². The Labute approximate surface area is 134 Å². The molecule has 23 heavy (non-hydrogen) atoms. The molecule has 2 rings (SSSR count).